The van der Waals surface area contributed by atoms with Crippen LogP contribution >= 0.6 is 0 Å². The molecule has 0 aliphatic heterocycles. The van der Waals surface area contributed by atoms with E-state index in [2.05, 4.69) is 10.3 Å². The molecule has 0 atom stereocenters. The molecule has 14 heavy (non-hydrogen) atoms. The summed E-state index contributed by atoms with van der Waals surface area (Å²) in [6.45, 7) is 2.53. The van der Waals surface area contributed by atoms with Gasteiger partial charge in [-0.2, -0.15) is 0 Å². The second kappa shape index (κ2) is 4.41. The standard InChI is InChI=1S/C10H11NO3/c1-7(11-14-8(2)12)9-5-3-4-6-10(9)13/h3-6,11H,1-2H3/b9-7+/i3D,4D,5D,6D. The summed E-state index contributed by atoms with van der Waals surface area (Å²) in [6, 6.07) is -2.24. The molecule has 0 amide bonds. The number of rotatable bonds is 2. The average Bonchev–Trinajstić information content (AvgIpc) is 2.31. The van der Waals surface area contributed by atoms with E-state index in [9.17, 15) is 9.59 Å². The summed E-state index contributed by atoms with van der Waals surface area (Å²) < 4.78 is 29.8. The first kappa shape index (κ1) is 5.80. The highest BCUT2D eigenvalue weighted by molar-refractivity contribution is 6.07. The Kier molecular flexibility index (Phi) is 1.83. The molecule has 0 aromatic heterocycles. The Hall–Kier alpha value is -1.84. The van der Waals surface area contributed by atoms with E-state index in [1.165, 1.54) is 6.92 Å². The monoisotopic (exact) mass is 197 g/mol. The molecule has 0 heterocycles. The number of allylic oxidation sites excluding steroid dienone is 6. The molecule has 1 aliphatic carbocycles. The molecule has 1 N–H and O–H groups in total. The Bertz CT molecular complexity index is 519. The van der Waals surface area contributed by atoms with Gasteiger partial charge in [-0.25, -0.2) is 5.48 Å². The third-order valence-corrected chi connectivity index (χ3v) is 1.38. The van der Waals surface area contributed by atoms with Gasteiger partial charge in [0, 0.05) is 12.5 Å². The normalized spacial score (nSPS) is 24.9. The van der Waals surface area contributed by atoms with Crippen molar-refractivity contribution < 1.29 is 19.9 Å². The van der Waals surface area contributed by atoms with Crippen molar-refractivity contribution in [1.29, 1.82) is 0 Å². The van der Waals surface area contributed by atoms with E-state index in [0.29, 0.717) is 0 Å². The first-order valence-electron chi connectivity index (χ1n) is 5.82. The molecule has 0 spiro atoms. The van der Waals surface area contributed by atoms with Crippen molar-refractivity contribution >= 4 is 11.8 Å². The van der Waals surface area contributed by atoms with Crippen LogP contribution in [0.2, 0.25) is 0 Å². The molecule has 1 rings (SSSR count). The van der Waals surface area contributed by atoms with Gasteiger partial charge in [-0.1, -0.05) is 12.1 Å². The van der Waals surface area contributed by atoms with E-state index < -0.39 is 36.0 Å². The molecule has 0 radical (unpaired) electrons. The van der Waals surface area contributed by atoms with Gasteiger partial charge < -0.3 is 4.84 Å². The highest BCUT2D eigenvalue weighted by Gasteiger charge is 2.09. The van der Waals surface area contributed by atoms with Crippen molar-refractivity contribution in [3.8, 4) is 0 Å². The maximum Gasteiger partial charge on any atom is 0.329 e. The zero-order valence-corrected chi connectivity index (χ0v) is 7.72. The van der Waals surface area contributed by atoms with Gasteiger partial charge in [0.15, 0.2) is 5.78 Å². The van der Waals surface area contributed by atoms with Gasteiger partial charge in [0.1, 0.15) is 0 Å². The van der Waals surface area contributed by atoms with Crippen molar-refractivity contribution in [3.63, 3.8) is 0 Å². The van der Waals surface area contributed by atoms with Gasteiger partial charge >= 0.3 is 5.97 Å². The van der Waals surface area contributed by atoms with Crippen LogP contribution in [0.3, 0.4) is 0 Å². The number of hydrogen-bond acceptors (Lipinski definition) is 4. The lowest BCUT2D eigenvalue weighted by Crippen LogP contribution is -2.19. The van der Waals surface area contributed by atoms with Crippen LogP contribution in [0.1, 0.15) is 19.3 Å². The Morgan fingerprint density at radius 3 is 2.71 bits per heavy atom. The van der Waals surface area contributed by atoms with Gasteiger partial charge in [0.05, 0.1) is 11.2 Å². The highest BCUT2D eigenvalue weighted by atomic mass is 16.7. The van der Waals surface area contributed by atoms with E-state index in [1.54, 1.807) is 0 Å². The van der Waals surface area contributed by atoms with Crippen LogP contribution in [0.15, 0.2) is 35.5 Å². The number of hydrogen-bond donors (Lipinski definition) is 1. The molecule has 0 saturated heterocycles. The van der Waals surface area contributed by atoms with Crippen LogP contribution in [0.25, 0.3) is 0 Å². The smallest absolute Gasteiger partial charge is 0.329 e. The van der Waals surface area contributed by atoms with E-state index in [1.807, 2.05) is 0 Å². The molecule has 4 nitrogen and oxygen atoms in total. The van der Waals surface area contributed by atoms with Crippen LogP contribution in [0, 0.1) is 0 Å². The molecule has 0 aromatic carbocycles. The minimum Gasteiger partial charge on any atom is -0.344 e. The second-order valence-corrected chi connectivity index (χ2v) is 2.52. The number of carbonyl (C=O) groups is 2. The predicted octanol–water partition coefficient (Wildman–Crippen LogP) is 1.02. The molecular formula is C10H11NO3. The van der Waals surface area contributed by atoms with Gasteiger partial charge in [-0.3, -0.25) is 9.59 Å². The zero-order valence-electron chi connectivity index (χ0n) is 11.7. The highest BCUT2D eigenvalue weighted by Crippen LogP contribution is 2.10. The first-order chi connectivity index (χ1) is 8.27. The molecule has 0 bridgehead atoms. The maximum absolute atomic E-state index is 11.7. The second-order valence-electron chi connectivity index (χ2n) is 2.52. The lowest BCUT2D eigenvalue weighted by Gasteiger charge is -2.09. The van der Waals surface area contributed by atoms with Crippen LogP contribution in [0.5, 0.6) is 0 Å². The number of ketones is 1. The topological polar surface area (TPSA) is 55.4 Å². The molecule has 0 saturated carbocycles. The largest absolute Gasteiger partial charge is 0.344 e. The molecule has 4 heteroatoms. The SMILES string of the molecule is [2H]C1=C([2H])C([2H])=C([2H])/C(=C(/C)NOC(C)=O)C1=O. The third-order valence-electron chi connectivity index (χ3n) is 1.38. The van der Waals surface area contributed by atoms with Crippen LogP contribution in [0.4, 0.5) is 0 Å². The Balaban J connectivity index is 3.22. The Morgan fingerprint density at radius 1 is 1.43 bits per heavy atom. The summed E-state index contributed by atoms with van der Waals surface area (Å²) in [5.74, 6) is -1.49. The Morgan fingerprint density at radius 2 is 2.07 bits per heavy atom. The van der Waals surface area contributed by atoms with E-state index >= 15 is 0 Å². The summed E-state index contributed by atoms with van der Waals surface area (Å²) in [5, 5.41) is 0. The molecule has 0 unspecified atom stereocenters. The summed E-state index contributed by atoms with van der Waals surface area (Å²) in [5.41, 5.74) is 1.97. The minimum atomic E-state index is -0.849. The molecular weight excluding hydrogens is 182 g/mol. The zero-order chi connectivity index (χ0) is 14.0. The summed E-state index contributed by atoms with van der Waals surface area (Å²) in [4.78, 5) is 26.8. The summed E-state index contributed by atoms with van der Waals surface area (Å²) in [7, 11) is 0. The molecule has 74 valence electrons. The van der Waals surface area contributed by atoms with E-state index in [0.717, 1.165) is 6.92 Å². The van der Waals surface area contributed by atoms with Crippen LogP contribution in [-0.2, 0) is 14.4 Å². The van der Waals surface area contributed by atoms with Crippen LogP contribution in [-0.4, -0.2) is 11.8 Å². The average molecular weight is 197 g/mol. The van der Waals surface area contributed by atoms with E-state index in [-0.39, 0.29) is 11.3 Å². The fourth-order valence-electron chi connectivity index (χ4n) is 0.765. The van der Waals surface area contributed by atoms with Gasteiger partial charge in [-0.15, -0.1) is 0 Å². The lowest BCUT2D eigenvalue weighted by molar-refractivity contribution is -0.146. The fourth-order valence-corrected chi connectivity index (χ4v) is 0.765. The fraction of sp³-hybridized carbons (Fsp3) is 0.200. The summed E-state index contributed by atoms with van der Waals surface area (Å²) >= 11 is 0. The number of carbonyl (C=O) groups excluding carboxylic acids is 2. The summed E-state index contributed by atoms with van der Waals surface area (Å²) in [6.07, 6.45) is 0. The predicted molar refractivity (Wildman–Crippen MR) is 50.9 cm³/mol. The third kappa shape index (κ3) is 2.58. The Labute approximate surface area is 87.5 Å². The maximum atomic E-state index is 11.7. The van der Waals surface area contributed by atoms with Crippen molar-refractivity contribution in [1.82, 2.24) is 5.48 Å². The van der Waals surface area contributed by atoms with Crippen molar-refractivity contribution in [2.75, 3.05) is 0 Å². The molecule has 0 fully saturated rings. The van der Waals surface area contributed by atoms with Gasteiger partial charge in [0.2, 0.25) is 0 Å². The minimum absolute atomic E-state index is 0.0437. The number of hydroxylamine groups is 1. The van der Waals surface area contributed by atoms with Crippen molar-refractivity contribution in [2.45, 2.75) is 13.8 Å². The van der Waals surface area contributed by atoms with E-state index in [4.69, 9.17) is 5.48 Å². The lowest BCUT2D eigenvalue weighted by atomic mass is 10.1. The molecule has 0 aromatic rings. The molecule has 1 aliphatic rings. The van der Waals surface area contributed by atoms with Crippen LogP contribution < -0.4 is 5.48 Å². The van der Waals surface area contributed by atoms with Gasteiger partial charge in [-0.05, 0) is 19.0 Å². The van der Waals surface area contributed by atoms with Gasteiger partial charge in [0.25, 0.3) is 0 Å². The quantitative estimate of drug-likeness (QED) is 0.530. The van der Waals surface area contributed by atoms with Crippen molar-refractivity contribution in [3.05, 3.63) is 35.5 Å². The first-order valence-corrected chi connectivity index (χ1v) is 3.82. The number of nitrogens with one attached hydrogen (secondary N) is 1. The van der Waals surface area contributed by atoms with Crippen molar-refractivity contribution in [2.24, 2.45) is 0 Å².